The molecule has 6 aromatic carbocycles. The van der Waals surface area contributed by atoms with Gasteiger partial charge in [0.15, 0.2) is 0 Å². The Balaban J connectivity index is 1.33. The molecule has 0 heterocycles. The van der Waals surface area contributed by atoms with E-state index in [0.717, 1.165) is 32.3 Å². The van der Waals surface area contributed by atoms with E-state index < -0.39 is 40.7 Å². The molecule has 0 atom stereocenters. The van der Waals surface area contributed by atoms with Crippen LogP contribution < -0.4 is 0 Å². The Hall–Kier alpha value is -2.43. The molecule has 0 amide bonds. The van der Waals surface area contributed by atoms with Crippen molar-refractivity contribution in [1.82, 2.24) is 0 Å². The standard InChI is InChI=1S/3C11H7IO2.In/c3*12-10-6-8-4-2-1-3-7(8)5-9(10)11(13)14;/h3*1-6H,(H,13,14);/q;;;+3/p-3. The van der Waals surface area contributed by atoms with Crippen LogP contribution in [0.1, 0.15) is 31.1 Å². The summed E-state index contributed by atoms with van der Waals surface area (Å²) in [5.74, 6) is -2.13. The second kappa shape index (κ2) is 13.3. The Morgan fingerprint density at radius 1 is 0.419 bits per heavy atom. The quantitative estimate of drug-likeness (QED) is 0.155. The number of carbonyl (C=O) groups excluding carboxylic acids is 3. The van der Waals surface area contributed by atoms with Gasteiger partial charge in [0.1, 0.15) is 0 Å². The number of carbonyl (C=O) groups is 3. The zero-order valence-corrected chi connectivity index (χ0v) is 31.8. The van der Waals surface area contributed by atoms with Crippen LogP contribution in [-0.2, 0) is 8.56 Å². The molecule has 6 aromatic rings. The van der Waals surface area contributed by atoms with Gasteiger partial charge in [0, 0.05) is 0 Å². The first-order chi connectivity index (χ1) is 20.8. The third-order valence-electron chi connectivity index (χ3n) is 6.78. The van der Waals surface area contributed by atoms with Gasteiger partial charge in [-0.3, -0.25) is 0 Å². The van der Waals surface area contributed by atoms with E-state index in [-0.39, 0.29) is 0 Å². The molecule has 0 N–H and O–H groups in total. The SMILES string of the molecule is O=C([O][In]([O]C(=O)c1cc2ccccc2cc1I)[O]C(=O)c1cc2ccccc2cc1I)c1cc2ccccc2cc1I. The molecule has 0 fully saturated rings. The number of hydrogen-bond acceptors (Lipinski definition) is 6. The van der Waals surface area contributed by atoms with E-state index in [4.69, 9.17) is 8.56 Å². The van der Waals surface area contributed by atoms with Crippen LogP contribution in [0.5, 0.6) is 0 Å². The molecule has 43 heavy (non-hydrogen) atoms. The van der Waals surface area contributed by atoms with Gasteiger partial charge in [-0.2, -0.15) is 0 Å². The zero-order valence-electron chi connectivity index (χ0n) is 22.1. The number of halogens is 3. The normalized spacial score (nSPS) is 11.0. The third kappa shape index (κ3) is 6.81. The molecular weight excluding hydrogens is 988 g/mol. The number of benzene rings is 6. The summed E-state index contributed by atoms with van der Waals surface area (Å²) in [6.07, 6.45) is 0. The fourth-order valence-corrected chi connectivity index (χ4v) is 9.76. The number of hydrogen-bond donors (Lipinski definition) is 0. The van der Waals surface area contributed by atoms with Crippen molar-refractivity contribution in [2.45, 2.75) is 0 Å². The summed E-state index contributed by atoms with van der Waals surface area (Å²) in [6, 6.07) is 33.8. The van der Waals surface area contributed by atoms with Gasteiger partial charge in [-0.15, -0.1) is 0 Å². The molecule has 0 unspecified atom stereocenters. The van der Waals surface area contributed by atoms with Crippen LogP contribution in [0.25, 0.3) is 32.3 Å². The van der Waals surface area contributed by atoms with Crippen molar-refractivity contribution in [3.63, 3.8) is 0 Å². The summed E-state index contributed by atoms with van der Waals surface area (Å²) < 4.78 is 19.3. The summed E-state index contributed by atoms with van der Waals surface area (Å²) >= 11 is 1.57. The average molecular weight is 1010 g/mol. The van der Waals surface area contributed by atoms with E-state index >= 15 is 0 Å². The van der Waals surface area contributed by atoms with E-state index in [2.05, 4.69) is 67.8 Å². The van der Waals surface area contributed by atoms with Crippen LogP contribution in [0, 0.1) is 10.7 Å². The van der Waals surface area contributed by atoms with Crippen molar-refractivity contribution in [1.29, 1.82) is 0 Å². The molecule has 0 aromatic heterocycles. The molecule has 0 aliphatic carbocycles. The Bertz CT molecular complexity index is 1840. The Kier molecular flexibility index (Phi) is 9.45. The van der Waals surface area contributed by atoms with Crippen LogP contribution >= 0.6 is 67.8 Å². The number of rotatable bonds is 6. The minimum absolute atomic E-state index is 0.300. The van der Waals surface area contributed by atoms with E-state index in [1.54, 1.807) is 18.2 Å². The molecular formula is C33H18I3InO6. The van der Waals surface area contributed by atoms with E-state index in [0.29, 0.717) is 27.4 Å². The van der Waals surface area contributed by atoms with E-state index in [9.17, 15) is 14.4 Å². The van der Waals surface area contributed by atoms with Crippen LogP contribution in [0.3, 0.4) is 0 Å². The molecule has 6 nitrogen and oxygen atoms in total. The van der Waals surface area contributed by atoms with Crippen molar-refractivity contribution in [3.8, 4) is 0 Å². The monoisotopic (exact) mass is 1010 g/mol. The van der Waals surface area contributed by atoms with Crippen molar-refractivity contribution in [2.75, 3.05) is 0 Å². The first-order valence-corrected chi connectivity index (χ1v) is 20.2. The van der Waals surface area contributed by atoms with Gasteiger partial charge in [0.05, 0.1) is 0 Å². The van der Waals surface area contributed by atoms with Crippen LogP contribution in [0.4, 0.5) is 0 Å². The van der Waals surface area contributed by atoms with E-state index in [1.165, 1.54) is 0 Å². The molecule has 0 radical (unpaired) electrons. The summed E-state index contributed by atoms with van der Waals surface area (Å²) in [4.78, 5) is 40.4. The van der Waals surface area contributed by atoms with Gasteiger partial charge in [0.25, 0.3) is 0 Å². The van der Waals surface area contributed by atoms with Gasteiger partial charge in [-0.25, -0.2) is 0 Å². The predicted molar refractivity (Wildman–Crippen MR) is 192 cm³/mol. The van der Waals surface area contributed by atoms with Gasteiger partial charge in [0.2, 0.25) is 0 Å². The van der Waals surface area contributed by atoms with Crippen LogP contribution in [0.15, 0.2) is 109 Å². The Labute approximate surface area is 296 Å². The Morgan fingerprint density at radius 3 is 0.907 bits per heavy atom. The van der Waals surface area contributed by atoms with Gasteiger partial charge >= 0.3 is 300 Å². The summed E-state index contributed by atoms with van der Waals surface area (Å²) in [6.45, 7) is 0. The summed E-state index contributed by atoms with van der Waals surface area (Å²) in [5.41, 5.74) is 0.899. The van der Waals surface area contributed by atoms with Crippen molar-refractivity contribution >= 4 is 141 Å². The molecule has 0 aliphatic heterocycles. The first kappa shape index (κ1) is 30.6. The maximum absolute atomic E-state index is 13.5. The molecule has 0 saturated carbocycles. The molecule has 6 rings (SSSR count). The molecule has 0 saturated heterocycles. The fourth-order valence-electron chi connectivity index (χ4n) is 4.63. The molecule has 0 bridgehead atoms. The minimum atomic E-state index is -4.63. The fraction of sp³-hybridized carbons (Fsp3) is 0. The average Bonchev–Trinajstić information content (AvgIpc) is 2.99. The van der Waals surface area contributed by atoms with Crippen molar-refractivity contribution < 1.29 is 22.9 Å². The van der Waals surface area contributed by atoms with Crippen molar-refractivity contribution in [3.05, 3.63) is 137 Å². The van der Waals surface area contributed by atoms with Crippen molar-refractivity contribution in [2.24, 2.45) is 0 Å². The third-order valence-corrected chi connectivity index (χ3v) is 12.9. The van der Waals surface area contributed by atoms with Gasteiger partial charge < -0.3 is 0 Å². The van der Waals surface area contributed by atoms with Crippen LogP contribution in [0.2, 0.25) is 0 Å². The summed E-state index contributed by atoms with van der Waals surface area (Å²) in [5, 5.41) is 5.47. The van der Waals surface area contributed by atoms with E-state index in [1.807, 2.05) is 91.0 Å². The first-order valence-electron chi connectivity index (χ1n) is 12.9. The van der Waals surface area contributed by atoms with Crippen LogP contribution in [-0.4, -0.2) is 40.7 Å². The molecule has 10 heteroatoms. The summed E-state index contributed by atoms with van der Waals surface area (Å²) in [7, 11) is 0. The Morgan fingerprint density at radius 2 is 0.651 bits per heavy atom. The second-order valence-corrected chi connectivity index (χ2v) is 16.7. The zero-order chi connectivity index (χ0) is 30.1. The number of fused-ring (bicyclic) bond motifs is 3. The molecule has 0 aliphatic rings. The predicted octanol–water partition coefficient (Wildman–Crippen LogP) is 8.82. The second-order valence-electron chi connectivity index (χ2n) is 9.54. The van der Waals surface area contributed by atoms with Gasteiger partial charge in [-0.1, -0.05) is 0 Å². The maximum atomic E-state index is 13.5. The molecule has 0 spiro atoms. The topological polar surface area (TPSA) is 78.9 Å². The van der Waals surface area contributed by atoms with Gasteiger partial charge in [-0.05, 0) is 0 Å². The molecule has 210 valence electrons.